The van der Waals surface area contributed by atoms with E-state index in [1.807, 2.05) is 0 Å². The van der Waals surface area contributed by atoms with Gasteiger partial charge in [-0.2, -0.15) is 31.4 Å². The van der Waals surface area contributed by atoms with Gasteiger partial charge in [0.15, 0.2) is 17.6 Å². The number of aldehydes is 1. The molecule has 0 amide bonds. The molecule has 1 aliphatic rings. The lowest BCUT2D eigenvalue weighted by atomic mass is 10.0. The number of halogens is 6. The van der Waals surface area contributed by atoms with E-state index < -0.39 is 34.9 Å². The number of rotatable bonds is 2. The van der Waals surface area contributed by atoms with Gasteiger partial charge in [-0.05, 0) is 45.1 Å². The highest BCUT2D eigenvalue weighted by Crippen LogP contribution is 2.38. The molecule has 0 N–H and O–H groups in total. The van der Waals surface area contributed by atoms with Crippen molar-refractivity contribution in [1.82, 2.24) is 19.5 Å². The fraction of sp³-hybridized carbons (Fsp3) is 0.381. The van der Waals surface area contributed by atoms with Crippen molar-refractivity contribution in [3.05, 3.63) is 53.3 Å². The molecule has 1 aromatic carbocycles. The maximum absolute atomic E-state index is 13.3. The molecule has 1 aliphatic heterocycles. The van der Waals surface area contributed by atoms with Crippen LogP contribution in [-0.2, 0) is 12.4 Å². The van der Waals surface area contributed by atoms with Crippen LogP contribution in [0.4, 0.5) is 26.3 Å². The minimum absolute atomic E-state index is 0.220. The lowest BCUT2D eigenvalue weighted by Crippen LogP contribution is -2.24. The van der Waals surface area contributed by atoms with Crippen molar-refractivity contribution in [2.75, 3.05) is 20.1 Å². The summed E-state index contributed by atoms with van der Waals surface area (Å²) < 4.78 is 79.5. The largest absolute Gasteiger partial charge is 0.433 e. The zero-order valence-corrected chi connectivity index (χ0v) is 17.0. The van der Waals surface area contributed by atoms with E-state index in [0.717, 1.165) is 24.3 Å². The number of piperidine rings is 1. The molecule has 32 heavy (non-hydrogen) atoms. The molecular formula is C21H20F6N4O. The van der Waals surface area contributed by atoms with Crippen LogP contribution < -0.4 is 0 Å². The van der Waals surface area contributed by atoms with Crippen molar-refractivity contribution in [3.63, 3.8) is 0 Å². The number of hydrogen-bond donors (Lipinski definition) is 0. The first-order chi connectivity index (χ1) is 15.0. The van der Waals surface area contributed by atoms with Crippen LogP contribution in [0.2, 0.25) is 0 Å². The Hall–Kier alpha value is -2.95. The van der Waals surface area contributed by atoms with E-state index in [9.17, 15) is 31.1 Å². The van der Waals surface area contributed by atoms with Crippen molar-refractivity contribution in [2.45, 2.75) is 31.6 Å². The molecule has 0 saturated carbocycles. The average molecular weight is 458 g/mol. The summed E-state index contributed by atoms with van der Waals surface area (Å²) in [5.74, 6) is 0. The highest BCUT2D eigenvalue weighted by atomic mass is 19.4. The molecule has 0 atom stereocenters. The van der Waals surface area contributed by atoms with E-state index >= 15 is 0 Å². The Labute approximate surface area is 179 Å². The van der Waals surface area contributed by atoms with E-state index in [-0.39, 0.29) is 17.6 Å². The molecule has 5 nitrogen and oxygen atoms in total. The molecule has 1 fully saturated rings. The van der Waals surface area contributed by atoms with Crippen LogP contribution in [-0.4, -0.2) is 45.9 Å². The Morgan fingerprint density at radius 2 is 1.59 bits per heavy atom. The molecule has 3 aromatic rings. The molecule has 0 aliphatic carbocycles. The summed E-state index contributed by atoms with van der Waals surface area (Å²) in [4.78, 5) is 16.9. The second-order valence-electron chi connectivity index (χ2n) is 7.39. The fourth-order valence-electron chi connectivity index (χ4n) is 3.40. The number of likely N-dealkylation sites (tertiary alicyclic amines) is 1. The summed E-state index contributed by atoms with van der Waals surface area (Å²) in [6, 6.07) is 5.59. The second-order valence-corrected chi connectivity index (χ2v) is 7.39. The molecule has 0 bridgehead atoms. The first-order valence-corrected chi connectivity index (χ1v) is 9.79. The van der Waals surface area contributed by atoms with Crippen LogP contribution in [0.5, 0.6) is 0 Å². The smallest absolute Gasteiger partial charge is 0.306 e. The van der Waals surface area contributed by atoms with Crippen molar-refractivity contribution in [2.24, 2.45) is 0 Å². The molecule has 2 aromatic heterocycles. The Morgan fingerprint density at radius 3 is 2.12 bits per heavy atom. The van der Waals surface area contributed by atoms with Crippen LogP contribution in [0.3, 0.4) is 0 Å². The first-order valence-electron chi connectivity index (χ1n) is 9.79. The van der Waals surface area contributed by atoms with Crippen LogP contribution in [0.25, 0.3) is 16.9 Å². The Balaban J connectivity index is 0.000000352. The summed E-state index contributed by atoms with van der Waals surface area (Å²) in [7, 11) is 2.19. The lowest BCUT2D eigenvalue weighted by Gasteiger charge is -2.20. The van der Waals surface area contributed by atoms with Gasteiger partial charge in [-0.1, -0.05) is 24.6 Å². The molecule has 0 radical (unpaired) electrons. The van der Waals surface area contributed by atoms with E-state index in [1.54, 1.807) is 0 Å². The zero-order chi connectivity index (χ0) is 23.5. The van der Waals surface area contributed by atoms with E-state index in [2.05, 4.69) is 22.0 Å². The van der Waals surface area contributed by atoms with Gasteiger partial charge in [0.1, 0.15) is 5.69 Å². The van der Waals surface area contributed by atoms with E-state index in [4.69, 9.17) is 0 Å². The number of alkyl halides is 6. The quantitative estimate of drug-likeness (QED) is 0.384. The van der Waals surface area contributed by atoms with Crippen LogP contribution in [0.1, 0.15) is 41.0 Å². The summed E-state index contributed by atoms with van der Waals surface area (Å²) in [6.07, 6.45) is -5.18. The van der Waals surface area contributed by atoms with Gasteiger partial charge in [0.25, 0.3) is 0 Å². The van der Waals surface area contributed by atoms with Crippen LogP contribution in [0, 0.1) is 0 Å². The Bertz CT molecular complexity index is 1080. The van der Waals surface area contributed by atoms with E-state index in [0.29, 0.717) is 10.6 Å². The second kappa shape index (κ2) is 9.27. The highest BCUT2D eigenvalue weighted by molar-refractivity contribution is 5.75. The first kappa shape index (κ1) is 23.7. The van der Waals surface area contributed by atoms with Gasteiger partial charge in [-0.25, -0.2) is 9.50 Å². The monoisotopic (exact) mass is 458 g/mol. The molecule has 172 valence electrons. The van der Waals surface area contributed by atoms with Gasteiger partial charge >= 0.3 is 12.4 Å². The van der Waals surface area contributed by atoms with E-state index in [1.165, 1.54) is 38.4 Å². The van der Waals surface area contributed by atoms with Crippen LogP contribution >= 0.6 is 0 Å². The standard InChI is InChI=1S/C15H7F6N3O.C6H13N/c16-14(17,18)10-4-2-1-3-9(10)11-6-12(15(19,20)21)24-13(22-11)5-8(7-25)23-24;1-7-5-3-2-4-6-7/h1-7H;2-6H2,1H3. The van der Waals surface area contributed by atoms with Gasteiger partial charge in [0.05, 0.1) is 11.3 Å². The number of hydrogen-bond acceptors (Lipinski definition) is 4. The summed E-state index contributed by atoms with van der Waals surface area (Å²) in [5, 5.41) is 3.45. The third kappa shape index (κ3) is 5.45. The predicted molar refractivity (Wildman–Crippen MR) is 105 cm³/mol. The number of carbonyl (C=O) groups excluding carboxylic acids is 1. The summed E-state index contributed by atoms with van der Waals surface area (Å²) in [6.45, 7) is 2.64. The minimum atomic E-state index is -4.91. The summed E-state index contributed by atoms with van der Waals surface area (Å²) >= 11 is 0. The molecule has 4 rings (SSSR count). The topological polar surface area (TPSA) is 50.5 Å². The van der Waals surface area contributed by atoms with Crippen molar-refractivity contribution in [1.29, 1.82) is 0 Å². The third-order valence-electron chi connectivity index (χ3n) is 4.95. The maximum Gasteiger partial charge on any atom is 0.433 e. The third-order valence-corrected chi connectivity index (χ3v) is 4.95. The van der Waals surface area contributed by atoms with Gasteiger partial charge in [0.2, 0.25) is 0 Å². The maximum atomic E-state index is 13.3. The van der Waals surface area contributed by atoms with Crippen molar-refractivity contribution in [3.8, 4) is 11.3 Å². The minimum Gasteiger partial charge on any atom is -0.306 e. The molecule has 11 heteroatoms. The fourth-order valence-corrected chi connectivity index (χ4v) is 3.40. The molecule has 0 spiro atoms. The van der Waals surface area contributed by atoms with Gasteiger partial charge in [-0.3, -0.25) is 4.79 Å². The van der Waals surface area contributed by atoms with Gasteiger partial charge < -0.3 is 4.90 Å². The average Bonchev–Trinajstić information content (AvgIpc) is 3.16. The molecule has 0 unspecified atom stereocenters. The number of carbonyl (C=O) groups is 1. The Morgan fingerprint density at radius 1 is 0.938 bits per heavy atom. The zero-order valence-electron chi connectivity index (χ0n) is 17.0. The molecule has 1 saturated heterocycles. The summed E-state index contributed by atoms with van der Waals surface area (Å²) in [5.41, 5.74) is -4.18. The van der Waals surface area contributed by atoms with Crippen molar-refractivity contribution >= 4 is 11.9 Å². The normalized spacial score (nSPS) is 15.3. The number of benzene rings is 1. The molecule has 3 heterocycles. The SMILES string of the molecule is CN1CCCCC1.O=Cc1cc2nc(-c3ccccc3C(F)(F)F)cc(C(F)(F)F)n2n1. The highest BCUT2D eigenvalue weighted by Gasteiger charge is 2.37. The number of aromatic nitrogens is 3. The number of fused-ring (bicyclic) bond motifs is 1. The van der Waals surface area contributed by atoms with Gasteiger partial charge in [-0.15, -0.1) is 0 Å². The Kier molecular flexibility index (Phi) is 6.87. The van der Waals surface area contributed by atoms with Crippen LogP contribution in [0.15, 0.2) is 36.4 Å². The number of nitrogens with zero attached hydrogens (tertiary/aromatic N) is 4. The predicted octanol–water partition coefficient (Wildman–Crippen LogP) is 5.35. The van der Waals surface area contributed by atoms with Gasteiger partial charge in [0, 0.05) is 11.6 Å². The lowest BCUT2D eigenvalue weighted by molar-refractivity contribution is -0.142. The van der Waals surface area contributed by atoms with Crippen molar-refractivity contribution < 1.29 is 31.1 Å². The molecular weight excluding hydrogens is 438 g/mol.